The Hall–Kier alpha value is -3.06. The van der Waals surface area contributed by atoms with Crippen LogP contribution < -0.4 is 10.6 Å². The van der Waals surface area contributed by atoms with Crippen LogP contribution in [0, 0.1) is 10.1 Å². The van der Waals surface area contributed by atoms with E-state index in [1.54, 1.807) is 9.80 Å². The molecule has 2 unspecified atom stereocenters. The first-order valence-corrected chi connectivity index (χ1v) is 13.0. The van der Waals surface area contributed by atoms with Gasteiger partial charge >= 0.3 is 0 Å². The number of carbonyl (C=O) groups excluding carboxylic acids is 2. The molecule has 4 heterocycles. The molecule has 0 spiro atoms. The molecule has 5 rings (SSSR count). The highest BCUT2D eigenvalue weighted by molar-refractivity contribution is 8.00. The van der Waals surface area contributed by atoms with Gasteiger partial charge in [0.05, 0.1) is 22.0 Å². The smallest absolute Gasteiger partial charge is 0.269 e. The third-order valence-corrected chi connectivity index (χ3v) is 8.67. The van der Waals surface area contributed by atoms with E-state index in [-0.39, 0.29) is 28.6 Å². The zero-order valence-corrected chi connectivity index (χ0v) is 19.6. The molecule has 2 amide bonds. The van der Waals surface area contributed by atoms with Crippen molar-refractivity contribution >= 4 is 41.0 Å². The van der Waals surface area contributed by atoms with Crippen LogP contribution in [0.2, 0.25) is 0 Å². The van der Waals surface area contributed by atoms with E-state index in [1.165, 1.54) is 47.8 Å². The first kappa shape index (κ1) is 22.7. The number of thioether (sulfide) groups is 2. The van der Waals surface area contributed by atoms with E-state index >= 15 is 0 Å². The molecule has 2 fully saturated rings. The molecule has 1 aromatic carbocycles. The van der Waals surface area contributed by atoms with E-state index in [4.69, 9.17) is 0 Å². The Balaban J connectivity index is 1.67. The molecule has 0 radical (unpaired) electrons. The molecule has 2 saturated heterocycles. The average Bonchev–Trinajstić information content (AvgIpc) is 2.83. The van der Waals surface area contributed by atoms with E-state index in [2.05, 4.69) is 10.6 Å². The molecular formula is C21H23N5O6S2. The molecule has 4 N–H and O–H groups in total. The lowest BCUT2D eigenvalue weighted by molar-refractivity contribution is -0.384. The lowest BCUT2D eigenvalue weighted by Crippen LogP contribution is -2.56. The van der Waals surface area contributed by atoms with Crippen molar-refractivity contribution in [2.24, 2.45) is 0 Å². The van der Waals surface area contributed by atoms with Crippen LogP contribution in [0.1, 0.15) is 24.3 Å². The van der Waals surface area contributed by atoms with Crippen LogP contribution in [0.15, 0.2) is 47.2 Å². The van der Waals surface area contributed by atoms with E-state index in [0.29, 0.717) is 18.7 Å². The molecule has 2 atom stereocenters. The lowest BCUT2D eigenvalue weighted by Gasteiger charge is -2.44. The first-order chi connectivity index (χ1) is 16.4. The summed E-state index contributed by atoms with van der Waals surface area (Å²) in [6, 6.07) is 5.44. The number of nitrogens with one attached hydrogen (secondary N) is 2. The Kier molecular flexibility index (Phi) is 5.98. The van der Waals surface area contributed by atoms with Crippen molar-refractivity contribution in [1.29, 1.82) is 0 Å². The first-order valence-electron chi connectivity index (χ1n) is 10.9. The quantitative estimate of drug-likeness (QED) is 0.353. The molecule has 4 aliphatic rings. The summed E-state index contributed by atoms with van der Waals surface area (Å²) in [5, 5.41) is 39.3. The highest BCUT2D eigenvalue weighted by atomic mass is 32.2. The van der Waals surface area contributed by atoms with Crippen molar-refractivity contribution in [3.05, 3.63) is 62.9 Å². The van der Waals surface area contributed by atoms with Gasteiger partial charge in [0, 0.05) is 25.2 Å². The number of non-ortho nitro benzene ring substituents is 1. The summed E-state index contributed by atoms with van der Waals surface area (Å²) in [4.78, 5) is 40.5. The van der Waals surface area contributed by atoms with Crippen LogP contribution in [-0.4, -0.2) is 72.3 Å². The highest BCUT2D eigenvalue weighted by Crippen LogP contribution is 2.42. The number of hydrogen-bond acceptors (Lipinski definition) is 10. The number of aliphatic hydroxyl groups excluding tert-OH is 2. The lowest BCUT2D eigenvalue weighted by atomic mass is 9.82. The maximum Gasteiger partial charge on any atom is 0.269 e. The zero-order chi connectivity index (χ0) is 24.0. The van der Waals surface area contributed by atoms with Gasteiger partial charge in [-0.05, 0) is 29.9 Å². The maximum atomic E-state index is 13.3. The monoisotopic (exact) mass is 505 g/mol. The van der Waals surface area contributed by atoms with Crippen LogP contribution in [0.25, 0.3) is 0 Å². The SMILES string of the molecule is O=C1NC2SCCCN2C(O)=C1C(C1=C(O)N2CCCSC2NC1=O)c1ccc([N+](=O)[O-])cc1. The largest absolute Gasteiger partial charge is 0.494 e. The number of fused-ring (bicyclic) bond motifs is 2. The van der Waals surface area contributed by atoms with E-state index in [1.807, 2.05) is 0 Å². The van der Waals surface area contributed by atoms with Crippen molar-refractivity contribution in [1.82, 2.24) is 20.4 Å². The molecule has 34 heavy (non-hydrogen) atoms. The molecule has 13 heteroatoms. The second kappa shape index (κ2) is 8.95. The van der Waals surface area contributed by atoms with Gasteiger partial charge in [-0.2, -0.15) is 0 Å². The number of benzene rings is 1. The Labute approximate surface area is 203 Å². The van der Waals surface area contributed by atoms with Crippen molar-refractivity contribution in [2.45, 2.75) is 29.8 Å². The standard InChI is InChI=1S/C21H23N5O6S2/c27-16-14(18(29)24-7-1-9-33-20(24)22-16)13(11-3-5-12(6-4-11)26(31)32)15-17(28)23-21-25(19(15)30)8-2-10-34-21/h3-6,13,20-21,29-30H,1-2,7-10H2,(H,22,27)(H,23,28). The molecule has 1 aromatic rings. The molecule has 0 aliphatic carbocycles. The minimum atomic E-state index is -1.14. The third-order valence-electron chi connectivity index (χ3n) is 6.24. The molecule has 180 valence electrons. The van der Waals surface area contributed by atoms with Crippen molar-refractivity contribution in [2.75, 3.05) is 24.6 Å². The third kappa shape index (κ3) is 3.82. The number of hydrogen-bond donors (Lipinski definition) is 4. The molecule has 11 nitrogen and oxygen atoms in total. The topological polar surface area (TPSA) is 148 Å². The Morgan fingerprint density at radius 2 is 1.38 bits per heavy atom. The van der Waals surface area contributed by atoms with Crippen LogP contribution in [-0.2, 0) is 9.59 Å². The summed E-state index contributed by atoms with van der Waals surface area (Å²) in [6.45, 7) is 1.03. The minimum absolute atomic E-state index is 0.0765. The fourth-order valence-corrected chi connectivity index (χ4v) is 6.82. The Morgan fingerprint density at radius 1 is 0.912 bits per heavy atom. The summed E-state index contributed by atoms with van der Waals surface area (Å²) in [5.41, 5.74) is -0.786. The van der Waals surface area contributed by atoms with Crippen LogP contribution in [0.5, 0.6) is 0 Å². The van der Waals surface area contributed by atoms with Gasteiger partial charge in [-0.15, -0.1) is 23.5 Å². The van der Waals surface area contributed by atoms with Gasteiger partial charge < -0.3 is 30.6 Å². The maximum absolute atomic E-state index is 13.3. The Morgan fingerprint density at radius 3 is 1.82 bits per heavy atom. The second-order valence-electron chi connectivity index (χ2n) is 8.24. The number of nitro groups is 1. The summed E-state index contributed by atoms with van der Waals surface area (Å²) in [5.74, 6) is -1.10. The van der Waals surface area contributed by atoms with E-state index in [0.717, 1.165) is 24.3 Å². The number of aliphatic hydroxyl groups is 2. The fourth-order valence-electron chi connectivity index (χ4n) is 4.63. The highest BCUT2D eigenvalue weighted by Gasteiger charge is 2.45. The van der Waals surface area contributed by atoms with Crippen LogP contribution >= 0.6 is 23.5 Å². The normalized spacial score (nSPS) is 25.9. The van der Waals surface area contributed by atoms with Gasteiger partial charge in [0.15, 0.2) is 22.8 Å². The number of carbonyl (C=O) groups is 2. The minimum Gasteiger partial charge on any atom is -0.494 e. The van der Waals surface area contributed by atoms with E-state index in [9.17, 15) is 29.9 Å². The van der Waals surface area contributed by atoms with Gasteiger partial charge in [-0.3, -0.25) is 19.7 Å². The van der Waals surface area contributed by atoms with E-state index < -0.39 is 33.7 Å². The Bertz CT molecular complexity index is 1050. The van der Waals surface area contributed by atoms with Gasteiger partial charge in [0.25, 0.3) is 17.5 Å². The summed E-state index contributed by atoms with van der Waals surface area (Å²) in [6.07, 6.45) is 1.61. The molecular weight excluding hydrogens is 482 g/mol. The molecule has 0 aromatic heterocycles. The number of nitro benzene ring substituents is 1. The number of nitrogens with zero attached hydrogens (tertiary/aromatic N) is 3. The van der Waals surface area contributed by atoms with Crippen LogP contribution in [0.3, 0.4) is 0 Å². The van der Waals surface area contributed by atoms with Crippen molar-refractivity contribution < 1.29 is 24.7 Å². The molecule has 0 saturated carbocycles. The summed E-state index contributed by atoms with van der Waals surface area (Å²) < 4.78 is 0. The number of amides is 2. The zero-order valence-electron chi connectivity index (χ0n) is 18.0. The van der Waals surface area contributed by atoms with Gasteiger partial charge in [0.2, 0.25) is 0 Å². The summed E-state index contributed by atoms with van der Waals surface area (Å²) in [7, 11) is 0. The average molecular weight is 506 g/mol. The fraction of sp³-hybridized carbons (Fsp3) is 0.429. The van der Waals surface area contributed by atoms with Gasteiger partial charge in [0.1, 0.15) is 0 Å². The predicted molar refractivity (Wildman–Crippen MR) is 127 cm³/mol. The van der Waals surface area contributed by atoms with Gasteiger partial charge in [-0.25, -0.2) is 0 Å². The van der Waals surface area contributed by atoms with Crippen molar-refractivity contribution in [3.63, 3.8) is 0 Å². The molecule has 0 bridgehead atoms. The second-order valence-corrected chi connectivity index (χ2v) is 10.6. The van der Waals surface area contributed by atoms with Crippen LogP contribution in [0.4, 0.5) is 5.69 Å². The number of rotatable bonds is 4. The van der Waals surface area contributed by atoms with Gasteiger partial charge in [-0.1, -0.05) is 12.1 Å². The predicted octanol–water partition coefficient (Wildman–Crippen LogP) is 1.92. The molecule has 4 aliphatic heterocycles. The summed E-state index contributed by atoms with van der Waals surface area (Å²) >= 11 is 2.99. The van der Waals surface area contributed by atoms with Crippen molar-refractivity contribution in [3.8, 4) is 0 Å².